The molecular formula is C18H28O6. The van der Waals surface area contributed by atoms with Crippen LogP contribution in [0.2, 0.25) is 0 Å². The lowest BCUT2D eigenvalue weighted by molar-refractivity contribution is -0.144. The summed E-state index contributed by atoms with van der Waals surface area (Å²) < 4.78 is 26.3. The maximum atomic E-state index is 11.0. The molecule has 0 saturated carbocycles. The predicted molar refractivity (Wildman–Crippen MR) is 89.8 cm³/mol. The van der Waals surface area contributed by atoms with Crippen molar-refractivity contribution in [2.75, 3.05) is 52.9 Å². The smallest absolute Gasteiger partial charge is 0.308 e. The van der Waals surface area contributed by atoms with Crippen molar-refractivity contribution in [3.63, 3.8) is 0 Å². The van der Waals surface area contributed by atoms with Gasteiger partial charge in [-0.05, 0) is 12.5 Å². The summed E-state index contributed by atoms with van der Waals surface area (Å²) in [4.78, 5) is 11.0. The average Bonchev–Trinajstić information content (AvgIpc) is 2.60. The molecule has 0 atom stereocenters. The van der Waals surface area contributed by atoms with E-state index in [-0.39, 0.29) is 12.4 Å². The van der Waals surface area contributed by atoms with Gasteiger partial charge in [-0.25, -0.2) is 0 Å². The van der Waals surface area contributed by atoms with E-state index in [1.807, 2.05) is 30.3 Å². The lowest BCUT2D eigenvalue weighted by atomic mass is 10.2. The molecule has 24 heavy (non-hydrogen) atoms. The van der Waals surface area contributed by atoms with Crippen LogP contribution >= 0.6 is 0 Å². The van der Waals surface area contributed by atoms with E-state index >= 15 is 0 Å². The first kappa shape index (κ1) is 20.6. The second kappa shape index (κ2) is 15.1. The molecule has 0 unspecified atom stereocenters. The number of hydrogen-bond donors (Lipinski definition) is 0. The number of rotatable bonds is 15. The zero-order valence-electron chi connectivity index (χ0n) is 14.4. The lowest BCUT2D eigenvalue weighted by Gasteiger charge is -2.07. The first-order chi connectivity index (χ1) is 11.8. The highest BCUT2D eigenvalue weighted by Gasteiger charge is 2.00. The van der Waals surface area contributed by atoms with Gasteiger partial charge in [-0.1, -0.05) is 30.3 Å². The predicted octanol–water partition coefficient (Wildman–Crippen LogP) is 2.21. The average molecular weight is 340 g/mol. The molecule has 0 aliphatic carbocycles. The topological polar surface area (TPSA) is 63.2 Å². The number of benzene rings is 1. The van der Waals surface area contributed by atoms with Crippen LogP contribution in [-0.2, 0) is 35.1 Å². The Balaban J connectivity index is 1.75. The van der Waals surface area contributed by atoms with Gasteiger partial charge in [0, 0.05) is 0 Å². The van der Waals surface area contributed by atoms with E-state index in [9.17, 15) is 4.79 Å². The molecule has 0 fully saturated rings. The maximum absolute atomic E-state index is 11.0. The summed E-state index contributed by atoms with van der Waals surface area (Å²) in [6.07, 6.45) is 0.278. The molecule has 0 aliphatic heterocycles. The molecule has 0 radical (unpaired) electrons. The van der Waals surface area contributed by atoms with Crippen LogP contribution in [0.25, 0.3) is 0 Å². The Morgan fingerprint density at radius 1 is 0.792 bits per heavy atom. The van der Waals surface area contributed by atoms with Crippen molar-refractivity contribution in [1.29, 1.82) is 0 Å². The molecule has 1 rings (SSSR count). The van der Waals surface area contributed by atoms with Crippen molar-refractivity contribution in [2.24, 2.45) is 0 Å². The third-order valence-electron chi connectivity index (χ3n) is 2.98. The van der Waals surface area contributed by atoms with E-state index in [1.54, 1.807) is 6.92 Å². The minimum absolute atomic E-state index is 0.235. The van der Waals surface area contributed by atoms with Crippen molar-refractivity contribution >= 4 is 5.97 Å². The van der Waals surface area contributed by atoms with E-state index in [2.05, 4.69) is 0 Å². The van der Waals surface area contributed by atoms with Gasteiger partial charge < -0.3 is 23.7 Å². The normalized spacial score (nSPS) is 10.7. The van der Waals surface area contributed by atoms with E-state index in [0.29, 0.717) is 59.5 Å². The summed E-state index contributed by atoms with van der Waals surface area (Å²) in [7, 11) is 0. The Morgan fingerprint density at radius 2 is 1.33 bits per heavy atom. The first-order valence-corrected chi connectivity index (χ1v) is 8.33. The molecule has 0 aromatic heterocycles. The van der Waals surface area contributed by atoms with Crippen LogP contribution < -0.4 is 0 Å². The molecule has 0 heterocycles. The van der Waals surface area contributed by atoms with Gasteiger partial charge in [-0.15, -0.1) is 0 Å². The number of esters is 1. The Labute approximate surface area is 144 Å². The molecule has 0 bridgehead atoms. The van der Waals surface area contributed by atoms with Crippen molar-refractivity contribution in [3.05, 3.63) is 35.9 Å². The summed E-state index contributed by atoms with van der Waals surface area (Å²) in [6, 6.07) is 10.0. The molecule has 0 amide bonds. The fourth-order valence-corrected chi connectivity index (χ4v) is 1.81. The van der Waals surface area contributed by atoms with E-state index in [0.717, 1.165) is 5.56 Å². The fourth-order valence-electron chi connectivity index (χ4n) is 1.81. The second-order valence-corrected chi connectivity index (χ2v) is 4.93. The van der Waals surface area contributed by atoms with Crippen molar-refractivity contribution < 1.29 is 28.5 Å². The first-order valence-electron chi connectivity index (χ1n) is 8.33. The van der Waals surface area contributed by atoms with Gasteiger partial charge >= 0.3 is 5.97 Å². The summed E-state index contributed by atoms with van der Waals surface area (Å²) in [5, 5.41) is 0. The van der Waals surface area contributed by atoms with Crippen LogP contribution in [0.3, 0.4) is 0 Å². The zero-order chi connectivity index (χ0) is 17.3. The summed E-state index contributed by atoms with van der Waals surface area (Å²) >= 11 is 0. The lowest BCUT2D eigenvalue weighted by Crippen LogP contribution is -2.13. The molecule has 0 saturated heterocycles. The van der Waals surface area contributed by atoms with Crippen LogP contribution in [0.5, 0.6) is 0 Å². The van der Waals surface area contributed by atoms with Crippen LogP contribution in [0.1, 0.15) is 18.9 Å². The van der Waals surface area contributed by atoms with E-state index in [4.69, 9.17) is 23.7 Å². The molecule has 1 aromatic carbocycles. The molecule has 0 aliphatic rings. The third-order valence-corrected chi connectivity index (χ3v) is 2.98. The highest BCUT2D eigenvalue weighted by molar-refractivity contribution is 5.69. The van der Waals surface area contributed by atoms with Gasteiger partial charge in [-0.2, -0.15) is 0 Å². The molecule has 1 aromatic rings. The SMILES string of the molecule is CCOC(=O)CCOCCOCCOCCOCc1ccccc1. The molecule has 0 spiro atoms. The van der Waals surface area contributed by atoms with Gasteiger partial charge in [0.15, 0.2) is 0 Å². The Kier molecular flexibility index (Phi) is 12.9. The van der Waals surface area contributed by atoms with Crippen molar-refractivity contribution in [2.45, 2.75) is 20.0 Å². The minimum atomic E-state index is -0.235. The van der Waals surface area contributed by atoms with Crippen LogP contribution in [0.15, 0.2) is 30.3 Å². The van der Waals surface area contributed by atoms with Crippen LogP contribution in [0, 0.1) is 0 Å². The number of ether oxygens (including phenoxy) is 5. The van der Waals surface area contributed by atoms with Gasteiger partial charge in [0.25, 0.3) is 0 Å². The van der Waals surface area contributed by atoms with Crippen LogP contribution in [0.4, 0.5) is 0 Å². The largest absolute Gasteiger partial charge is 0.466 e. The number of carbonyl (C=O) groups is 1. The minimum Gasteiger partial charge on any atom is -0.466 e. The quantitative estimate of drug-likeness (QED) is 0.360. The van der Waals surface area contributed by atoms with Gasteiger partial charge in [0.05, 0.1) is 65.9 Å². The van der Waals surface area contributed by atoms with Crippen LogP contribution in [-0.4, -0.2) is 58.8 Å². The molecule has 6 nitrogen and oxygen atoms in total. The Bertz CT molecular complexity index is 409. The fraction of sp³-hybridized carbons (Fsp3) is 0.611. The Morgan fingerprint density at radius 3 is 1.92 bits per heavy atom. The molecule has 0 N–H and O–H groups in total. The standard InChI is InChI=1S/C18H28O6/c1-2-24-18(19)8-9-20-10-11-21-12-13-22-14-15-23-16-17-6-4-3-5-7-17/h3-7H,2,8-16H2,1H3. The van der Waals surface area contributed by atoms with Crippen molar-refractivity contribution in [3.8, 4) is 0 Å². The second-order valence-electron chi connectivity index (χ2n) is 4.93. The Hall–Kier alpha value is -1.47. The third kappa shape index (κ3) is 12.0. The van der Waals surface area contributed by atoms with E-state index < -0.39 is 0 Å². The highest BCUT2D eigenvalue weighted by Crippen LogP contribution is 1.99. The van der Waals surface area contributed by atoms with Gasteiger partial charge in [0.2, 0.25) is 0 Å². The molecular weight excluding hydrogens is 312 g/mol. The summed E-state index contributed by atoms with van der Waals surface area (Å²) in [5.41, 5.74) is 1.16. The molecule has 6 heteroatoms. The zero-order valence-corrected chi connectivity index (χ0v) is 14.4. The summed E-state index contributed by atoms with van der Waals surface area (Å²) in [5.74, 6) is -0.235. The monoisotopic (exact) mass is 340 g/mol. The van der Waals surface area contributed by atoms with E-state index in [1.165, 1.54) is 0 Å². The maximum Gasteiger partial charge on any atom is 0.308 e. The van der Waals surface area contributed by atoms with Gasteiger partial charge in [0.1, 0.15) is 0 Å². The molecule has 136 valence electrons. The number of carbonyl (C=O) groups excluding carboxylic acids is 1. The summed E-state index contributed by atoms with van der Waals surface area (Å²) in [6.45, 7) is 6.23. The number of hydrogen-bond acceptors (Lipinski definition) is 6. The highest BCUT2D eigenvalue weighted by atomic mass is 16.6. The van der Waals surface area contributed by atoms with Gasteiger partial charge in [-0.3, -0.25) is 4.79 Å². The van der Waals surface area contributed by atoms with Crippen molar-refractivity contribution in [1.82, 2.24) is 0 Å².